The van der Waals surface area contributed by atoms with Crippen LogP contribution in [0.1, 0.15) is 6.42 Å². The number of hydrogen-bond acceptors (Lipinski definition) is 1. The molecule has 0 saturated carbocycles. The van der Waals surface area contributed by atoms with Crippen molar-refractivity contribution in [3.05, 3.63) is 0 Å². The molecule has 0 aromatic carbocycles. The first-order valence-corrected chi connectivity index (χ1v) is 3.65. The van der Waals surface area contributed by atoms with Gasteiger partial charge in [-0.15, -0.1) is 12.4 Å². The van der Waals surface area contributed by atoms with Crippen LogP contribution in [0.5, 0.6) is 0 Å². The minimum absolute atomic E-state index is 0. The van der Waals surface area contributed by atoms with Gasteiger partial charge < -0.3 is 5.32 Å². The van der Waals surface area contributed by atoms with E-state index in [4.69, 9.17) is 0 Å². The van der Waals surface area contributed by atoms with Crippen molar-refractivity contribution >= 4 is 35.0 Å². The van der Waals surface area contributed by atoms with Crippen molar-refractivity contribution in [2.45, 2.75) is 6.42 Å². The SMILES string of the molecule is CNCCCI.Cl. The maximum Gasteiger partial charge on any atom is 0.000735 e. The Balaban J connectivity index is 0. The summed E-state index contributed by atoms with van der Waals surface area (Å²) in [7, 11) is 1.98. The zero-order valence-corrected chi connectivity index (χ0v) is 7.38. The van der Waals surface area contributed by atoms with Gasteiger partial charge in [0.2, 0.25) is 0 Å². The molecule has 0 radical (unpaired) electrons. The third-order valence-electron chi connectivity index (χ3n) is 0.560. The van der Waals surface area contributed by atoms with Crippen LogP contribution in [0.2, 0.25) is 0 Å². The molecule has 0 aliphatic carbocycles. The van der Waals surface area contributed by atoms with Crippen LogP contribution in [0.25, 0.3) is 0 Å². The minimum Gasteiger partial charge on any atom is -0.320 e. The van der Waals surface area contributed by atoms with Gasteiger partial charge in [0.25, 0.3) is 0 Å². The van der Waals surface area contributed by atoms with Gasteiger partial charge in [0.1, 0.15) is 0 Å². The second kappa shape index (κ2) is 10.1. The molecule has 0 fully saturated rings. The summed E-state index contributed by atoms with van der Waals surface area (Å²) in [6, 6.07) is 0. The molecule has 7 heavy (non-hydrogen) atoms. The Morgan fingerprint density at radius 1 is 1.57 bits per heavy atom. The summed E-state index contributed by atoms with van der Waals surface area (Å²) >= 11 is 2.37. The predicted molar refractivity (Wildman–Crippen MR) is 44.7 cm³/mol. The van der Waals surface area contributed by atoms with E-state index in [1.165, 1.54) is 10.8 Å². The standard InChI is InChI=1S/C4H10IN.ClH/c1-6-4-2-3-5;/h6H,2-4H2,1H3;1H. The highest BCUT2D eigenvalue weighted by molar-refractivity contribution is 14.1. The van der Waals surface area contributed by atoms with Gasteiger partial charge in [-0.05, 0) is 20.0 Å². The molecule has 0 amide bonds. The Morgan fingerprint density at radius 2 is 2.14 bits per heavy atom. The van der Waals surface area contributed by atoms with E-state index in [1.54, 1.807) is 0 Å². The van der Waals surface area contributed by atoms with Gasteiger partial charge in [-0.3, -0.25) is 0 Å². The van der Waals surface area contributed by atoms with Crippen molar-refractivity contribution in [3.63, 3.8) is 0 Å². The number of halogens is 2. The lowest BCUT2D eigenvalue weighted by atomic mass is 10.5. The van der Waals surface area contributed by atoms with Crippen LogP contribution in [0.4, 0.5) is 0 Å². The van der Waals surface area contributed by atoms with E-state index in [9.17, 15) is 0 Å². The van der Waals surface area contributed by atoms with Crippen LogP contribution in [0.3, 0.4) is 0 Å². The van der Waals surface area contributed by atoms with E-state index in [2.05, 4.69) is 27.9 Å². The molecule has 0 aliphatic rings. The fourth-order valence-electron chi connectivity index (χ4n) is 0.244. The smallest absolute Gasteiger partial charge is 0.000735 e. The van der Waals surface area contributed by atoms with Crippen molar-refractivity contribution in [1.29, 1.82) is 0 Å². The predicted octanol–water partition coefficient (Wildman–Crippen LogP) is 1.45. The Bertz CT molecular complexity index is 23.7. The molecule has 0 aliphatic heterocycles. The lowest BCUT2D eigenvalue weighted by Crippen LogP contribution is -2.07. The van der Waals surface area contributed by atoms with Gasteiger partial charge in [-0.2, -0.15) is 0 Å². The summed E-state index contributed by atoms with van der Waals surface area (Å²) < 4.78 is 1.26. The first kappa shape index (κ1) is 10.9. The first-order valence-electron chi connectivity index (χ1n) is 2.12. The molecule has 0 unspecified atom stereocenters. The Labute approximate surface area is 64.8 Å². The highest BCUT2D eigenvalue weighted by atomic mass is 127. The molecule has 0 aromatic rings. The zero-order valence-electron chi connectivity index (χ0n) is 4.41. The van der Waals surface area contributed by atoms with E-state index in [0.717, 1.165) is 6.54 Å². The largest absolute Gasteiger partial charge is 0.320 e. The van der Waals surface area contributed by atoms with E-state index >= 15 is 0 Å². The third-order valence-corrected chi connectivity index (χ3v) is 1.32. The molecular weight excluding hydrogens is 224 g/mol. The van der Waals surface area contributed by atoms with Crippen LogP contribution in [0.15, 0.2) is 0 Å². The topological polar surface area (TPSA) is 12.0 Å². The van der Waals surface area contributed by atoms with Crippen molar-refractivity contribution in [2.75, 3.05) is 18.0 Å². The van der Waals surface area contributed by atoms with E-state index < -0.39 is 0 Å². The molecule has 0 saturated heterocycles. The van der Waals surface area contributed by atoms with E-state index in [1.807, 2.05) is 7.05 Å². The summed E-state index contributed by atoms with van der Waals surface area (Å²) in [6.45, 7) is 1.16. The van der Waals surface area contributed by atoms with Crippen LogP contribution < -0.4 is 5.32 Å². The van der Waals surface area contributed by atoms with Crippen LogP contribution >= 0.6 is 35.0 Å². The fraction of sp³-hybridized carbons (Fsp3) is 1.00. The first-order chi connectivity index (χ1) is 2.91. The van der Waals surface area contributed by atoms with Gasteiger partial charge in [-0.1, -0.05) is 22.6 Å². The summed E-state index contributed by atoms with van der Waals surface area (Å²) in [5.74, 6) is 0. The number of alkyl halides is 1. The molecular formula is C4H11ClIN. The zero-order chi connectivity index (χ0) is 4.83. The molecule has 0 atom stereocenters. The van der Waals surface area contributed by atoms with Gasteiger partial charge in [0, 0.05) is 4.43 Å². The van der Waals surface area contributed by atoms with Crippen molar-refractivity contribution in [3.8, 4) is 0 Å². The average molecular weight is 235 g/mol. The lowest BCUT2D eigenvalue weighted by molar-refractivity contribution is 0.783. The highest BCUT2D eigenvalue weighted by Gasteiger charge is 1.74. The molecule has 0 rings (SSSR count). The van der Waals surface area contributed by atoms with Gasteiger partial charge >= 0.3 is 0 Å². The Morgan fingerprint density at radius 3 is 2.29 bits per heavy atom. The van der Waals surface area contributed by atoms with Gasteiger partial charge in [0.15, 0.2) is 0 Å². The number of nitrogens with one attached hydrogen (secondary N) is 1. The maximum atomic E-state index is 3.06. The van der Waals surface area contributed by atoms with Crippen molar-refractivity contribution in [1.82, 2.24) is 5.32 Å². The maximum absolute atomic E-state index is 3.06. The Hall–Kier alpha value is 0.980. The normalized spacial score (nSPS) is 7.71. The highest BCUT2D eigenvalue weighted by Crippen LogP contribution is 1.83. The molecule has 46 valence electrons. The summed E-state index contributed by atoms with van der Waals surface area (Å²) in [4.78, 5) is 0. The van der Waals surface area contributed by atoms with Gasteiger partial charge in [-0.25, -0.2) is 0 Å². The molecule has 0 aromatic heterocycles. The van der Waals surface area contributed by atoms with E-state index in [0.29, 0.717) is 0 Å². The summed E-state index contributed by atoms with van der Waals surface area (Å²) in [5, 5.41) is 3.06. The third kappa shape index (κ3) is 10.9. The number of rotatable bonds is 3. The van der Waals surface area contributed by atoms with Crippen LogP contribution in [-0.4, -0.2) is 18.0 Å². The summed E-state index contributed by atoms with van der Waals surface area (Å²) in [6.07, 6.45) is 1.29. The lowest BCUT2D eigenvalue weighted by Gasteiger charge is -1.88. The molecule has 0 bridgehead atoms. The molecule has 0 spiro atoms. The molecule has 3 heteroatoms. The van der Waals surface area contributed by atoms with E-state index in [-0.39, 0.29) is 12.4 Å². The van der Waals surface area contributed by atoms with Gasteiger partial charge in [0.05, 0.1) is 0 Å². The van der Waals surface area contributed by atoms with Crippen molar-refractivity contribution < 1.29 is 0 Å². The summed E-state index contributed by atoms with van der Waals surface area (Å²) in [5.41, 5.74) is 0. The monoisotopic (exact) mass is 235 g/mol. The molecule has 1 nitrogen and oxygen atoms in total. The molecule has 1 N–H and O–H groups in total. The quantitative estimate of drug-likeness (QED) is 0.444. The van der Waals surface area contributed by atoms with Crippen molar-refractivity contribution in [2.24, 2.45) is 0 Å². The molecule has 0 heterocycles. The minimum atomic E-state index is 0. The fourth-order valence-corrected chi connectivity index (χ4v) is 0.625. The average Bonchev–Trinajstić information content (AvgIpc) is 1.61. The second-order valence-corrected chi connectivity index (χ2v) is 2.22. The number of hydrogen-bond donors (Lipinski definition) is 1. The van der Waals surface area contributed by atoms with Crippen LogP contribution in [-0.2, 0) is 0 Å². The van der Waals surface area contributed by atoms with Crippen LogP contribution in [0, 0.1) is 0 Å². The Kier molecular flexibility index (Phi) is 15.6. The second-order valence-electron chi connectivity index (χ2n) is 1.15.